The van der Waals surface area contributed by atoms with Crippen molar-refractivity contribution in [1.82, 2.24) is 15.3 Å². The lowest BCUT2D eigenvalue weighted by Crippen LogP contribution is -2.28. The van der Waals surface area contributed by atoms with Crippen LogP contribution in [0.5, 0.6) is 0 Å². The number of carbonyl (C=O) groups is 1. The molecule has 0 aliphatic carbocycles. The van der Waals surface area contributed by atoms with Crippen LogP contribution in [0, 0.1) is 0 Å². The zero-order valence-electron chi connectivity index (χ0n) is 13.6. The molecule has 1 aromatic carbocycles. The Bertz CT molecular complexity index is 913. The maximum Gasteiger partial charge on any atom is 0.451 e. The first-order chi connectivity index (χ1) is 12.3. The lowest BCUT2D eigenvalue weighted by atomic mass is 10.2. The zero-order chi connectivity index (χ0) is 18.7. The SMILES string of the molecule is C[C@H](NC(=O)CSc1nc(C(F)(F)F)nc2ccccc12)c1ccco1. The summed E-state index contributed by atoms with van der Waals surface area (Å²) in [4.78, 5) is 19.3. The van der Waals surface area contributed by atoms with E-state index in [4.69, 9.17) is 4.42 Å². The molecule has 5 nitrogen and oxygen atoms in total. The van der Waals surface area contributed by atoms with Gasteiger partial charge in [0, 0.05) is 5.39 Å². The fraction of sp³-hybridized carbons (Fsp3) is 0.235. The molecule has 2 aromatic heterocycles. The van der Waals surface area contributed by atoms with Gasteiger partial charge in [-0.15, -0.1) is 0 Å². The molecule has 1 N–H and O–H groups in total. The third-order valence-electron chi connectivity index (χ3n) is 3.51. The van der Waals surface area contributed by atoms with Crippen molar-refractivity contribution in [2.75, 3.05) is 5.75 Å². The van der Waals surface area contributed by atoms with Crippen molar-refractivity contribution in [3.63, 3.8) is 0 Å². The van der Waals surface area contributed by atoms with Crippen molar-refractivity contribution < 1.29 is 22.4 Å². The minimum atomic E-state index is -4.66. The van der Waals surface area contributed by atoms with Gasteiger partial charge in [0.05, 0.1) is 23.6 Å². The van der Waals surface area contributed by atoms with Crippen LogP contribution in [0.15, 0.2) is 52.1 Å². The number of aromatic nitrogens is 2. The fourth-order valence-corrected chi connectivity index (χ4v) is 3.14. The van der Waals surface area contributed by atoms with E-state index in [0.29, 0.717) is 11.1 Å². The number of amides is 1. The summed E-state index contributed by atoms with van der Waals surface area (Å²) in [5.41, 5.74) is 0.182. The normalized spacial score (nSPS) is 12.9. The number of nitrogens with one attached hydrogen (secondary N) is 1. The van der Waals surface area contributed by atoms with E-state index >= 15 is 0 Å². The van der Waals surface area contributed by atoms with Crippen LogP contribution in [-0.2, 0) is 11.0 Å². The number of hydrogen-bond donors (Lipinski definition) is 1. The number of furan rings is 1. The van der Waals surface area contributed by atoms with Gasteiger partial charge >= 0.3 is 6.18 Å². The number of nitrogens with zero attached hydrogens (tertiary/aromatic N) is 2. The zero-order valence-corrected chi connectivity index (χ0v) is 14.4. The van der Waals surface area contributed by atoms with Gasteiger partial charge in [0.2, 0.25) is 11.7 Å². The van der Waals surface area contributed by atoms with E-state index in [2.05, 4.69) is 15.3 Å². The van der Waals surface area contributed by atoms with Crippen molar-refractivity contribution >= 4 is 28.6 Å². The molecule has 0 unspecified atom stereocenters. The molecular formula is C17H14F3N3O2S. The third-order valence-corrected chi connectivity index (χ3v) is 4.50. The van der Waals surface area contributed by atoms with E-state index in [1.54, 1.807) is 37.3 Å². The molecule has 2 heterocycles. The highest BCUT2D eigenvalue weighted by Gasteiger charge is 2.35. The lowest BCUT2D eigenvalue weighted by molar-refractivity contribution is -0.145. The molecule has 9 heteroatoms. The second-order valence-electron chi connectivity index (χ2n) is 5.46. The van der Waals surface area contributed by atoms with Gasteiger partial charge in [0.1, 0.15) is 10.8 Å². The molecule has 0 spiro atoms. The summed E-state index contributed by atoms with van der Waals surface area (Å²) in [5.74, 6) is -1.04. The number of alkyl halides is 3. The smallest absolute Gasteiger partial charge is 0.451 e. The Labute approximate surface area is 151 Å². The summed E-state index contributed by atoms with van der Waals surface area (Å²) >= 11 is 0.934. The molecule has 1 atom stereocenters. The number of fused-ring (bicyclic) bond motifs is 1. The minimum Gasteiger partial charge on any atom is -0.467 e. The molecular weight excluding hydrogens is 367 g/mol. The highest BCUT2D eigenvalue weighted by molar-refractivity contribution is 8.00. The quantitative estimate of drug-likeness (QED) is 0.530. The first kappa shape index (κ1) is 18.2. The van der Waals surface area contributed by atoms with Gasteiger partial charge in [0.15, 0.2) is 0 Å². The van der Waals surface area contributed by atoms with E-state index in [1.807, 2.05) is 0 Å². The van der Waals surface area contributed by atoms with E-state index in [9.17, 15) is 18.0 Å². The molecule has 0 saturated carbocycles. The highest BCUT2D eigenvalue weighted by atomic mass is 32.2. The number of para-hydroxylation sites is 1. The maximum absolute atomic E-state index is 13.0. The van der Waals surface area contributed by atoms with Crippen LogP contribution in [0.4, 0.5) is 13.2 Å². The van der Waals surface area contributed by atoms with Gasteiger partial charge in [-0.1, -0.05) is 30.0 Å². The predicted octanol–water partition coefficient (Wildman–Crippen LogP) is 4.21. The Kier molecular flexibility index (Phi) is 5.17. The fourth-order valence-electron chi connectivity index (χ4n) is 2.31. The second-order valence-corrected chi connectivity index (χ2v) is 6.42. The van der Waals surface area contributed by atoms with Crippen molar-refractivity contribution in [3.05, 3.63) is 54.2 Å². The van der Waals surface area contributed by atoms with Crippen LogP contribution < -0.4 is 5.32 Å². The molecule has 0 saturated heterocycles. The summed E-state index contributed by atoms with van der Waals surface area (Å²) in [5, 5.41) is 3.31. The van der Waals surface area contributed by atoms with Crippen molar-refractivity contribution in [3.8, 4) is 0 Å². The molecule has 3 rings (SSSR count). The predicted molar refractivity (Wildman–Crippen MR) is 90.5 cm³/mol. The van der Waals surface area contributed by atoms with Crippen molar-refractivity contribution in [1.29, 1.82) is 0 Å². The first-order valence-electron chi connectivity index (χ1n) is 7.64. The molecule has 3 aromatic rings. The summed E-state index contributed by atoms with van der Waals surface area (Å²) < 4.78 is 44.2. The molecule has 0 aliphatic heterocycles. The second kappa shape index (κ2) is 7.36. The number of rotatable bonds is 5. The maximum atomic E-state index is 13.0. The number of halogens is 3. The molecule has 0 radical (unpaired) electrons. The molecule has 136 valence electrons. The molecule has 1 amide bonds. The number of thioether (sulfide) groups is 1. The van der Waals surface area contributed by atoms with Crippen LogP contribution in [-0.4, -0.2) is 21.6 Å². The topological polar surface area (TPSA) is 68.0 Å². The van der Waals surface area contributed by atoms with Crippen LogP contribution >= 0.6 is 11.8 Å². The van der Waals surface area contributed by atoms with Crippen molar-refractivity contribution in [2.45, 2.75) is 24.2 Å². The van der Waals surface area contributed by atoms with Crippen LogP contribution in [0.3, 0.4) is 0 Å². The van der Waals surface area contributed by atoms with E-state index in [0.717, 1.165) is 11.8 Å². The van der Waals surface area contributed by atoms with E-state index in [-0.39, 0.29) is 28.2 Å². The Morgan fingerprint density at radius 2 is 2.00 bits per heavy atom. The van der Waals surface area contributed by atoms with Crippen LogP contribution in [0.25, 0.3) is 10.9 Å². The number of hydrogen-bond acceptors (Lipinski definition) is 5. The summed E-state index contributed by atoms with van der Waals surface area (Å²) in [7, 11) is 0. The van der Waals surface area contributed by atoms with Gasteiger partial charge in [-0.25, -0.2) is 9.97 Å². The Hall–Kier alpha value is -2.55. The van der Waals surface area contributed by atoms with Gasteiger partial charge < -0.3 is 9.73 Å². The Morgan fingerprint density at radius 1 is 1.23 bits per heavy atom. The molecule has 26 heavy (non-hydrogen) atoms. The summed E-state index contributed by atoms with van der Waals surface area (Å²) in [6.45, 7) is 1.75. The highest BCUT2D eigenvalue weighted by Crippen LogP contribution is 2.32. The van der Waals surface area contributed by atoms with Crippen molar-refractivity contribution in [2.24, 2.45) is 0 Å². The van der Waals surface area contributed by atoms with Gasteiger partial charge in [-0.2, -0.15) is 13.2 Å². The van der Waals surface area contributed by atoms with E-state index in [1.165, 1.54) is 12.3 Å². The lowest BCUT2D eigenvalue weighted by Gasteiger charge is -2.12. The standard InChI is InChI=1S/C17H14F3N3O2S/c1-10(13-7-4-8-25-13)21-14(24)9-26-15-11-5-2-3-6-12(11)22-16(23-15)17(18,19)20/h2-8,10H,9H2,1H3,(H,21,24)/t10-/m0/s1. The number of benzene rings is 1. The number of carbonyl (C=O) groups excluding carboxylic acids is 1. The van der Waals surface area contributed by atoms with Crippen LogP contribution in [0.1, 0.15) is 24.6 Å². The van der Waals surface area contributed by atoms with Gasteiger partial charge in [-0.3, -0.25) is 4.79 Å². The minimum absolute atomic E-state index is 0.0800. The van der Waals surface area contributed by atoms with E-state index < -0.39 is 12.0 Å². The van der Waals surface area contributed by atoms with Gasteiger partial charge in [0.25, 0.3) is 0 Å². The van der Waals surface area contributed by atoms with Crippen LogP contribution in [0.2, 0.25) is 0 Å². The summed E-state index contributed by atoms with van der Waals surface area (Å²) in [6, 6.07) is 9.48. The largest absolute Gasteiger partial charge is 0.467 e. The summed E-state index contributed by atoms with van der Waals surface area (Å²) in [6.07, 6.45) is -3.16. The molecule has 0 fully saturated rings. The van der Waals surface area contributed by atoms with Gasteiger partial charge in [-0.05, 0) is 25.1 Å². The first-order valence-corrected chi connectivity index (χ1v) is 8.62. The average Bonchev–Trinajstić information content (AvgIpc) is 3.13. The third kappa shape index (κ3) is 4.16. The molecule has 0 aliphatic rings. The molecule has 0 bridgehead atoms. The average molecular weight is 381 g/mol. The Balaban J connectivity index is 1.76. The Morgan fingerprint density at radius 3 is 2.69 bits per heavy atom. The monoisotopic (exact) mass is 381 g/mol.